The molecule has 1 rings (SSSR count). The molecule has 0 heterocycles. The van der Waals surface area contributed by atoms with E-state index in [1.165, 1.54) is 0 Å². The van der Waals surface area contributed by atoms with Crippen LogP contribution >= 0.6 is 0 Å². The average Bonchev–Trinajstić information content (AvgIpc) is 2.15. The van der Waals surface area contributed by atoms with Gasteiger partial charge in [0.05, 0.1) is 0 Å². The Morgan fingerprint density at radius 1 is 1.20 bits per heavy atom. The summed E-state index contributed by atoms with van der Waals surface area (Å²) in [6, 6.07) is 9.46. The van der Waals surface area contributed by atoms with Crippen LogP contribution in [0, 0.1) is 0 Å². The van der Waals surface area contributed by atoms with Gasteiger partial charge in [-0.3, -0.25) is 4.79 Å². The summed E-state index contributed by atoms with van der Waals surface area (Å²) in [5, 5.41) is 2.88. The summed E-state index contributed by atoms with van der Waals surface area (Å²) in [4.78, 5) is 11.7. The van der Waals surface area contributed by atoms with Crippen LogP contribution in [0.2, 0.25) is 0 Å². The first-order valence-electron chi connectivity index (χ1n) is 4.97. The molecule has 80 valence electrons. The molecule has 0 unspecified atom stereocenters. The van der Waals surface area contributed by atoms with Gasteiger partial charge in [0, 0.05) is 11.1 Å². The van der Waals surface area contributed by atoms with Crippen molar-refractivity contribution in [3.63, 3.8) is 0 Å². The minimum Gasteiger partial charge on any atom is -0.347 e. The van der Waals surface area contributed by atoms with Crippen LogP contribution in [0.1, 0.15) is 26.3 Å². The van der Waals surface area contributed by atoms with Crippen molar-refractivity contribution in [1.82, 2.24) is 5.32 Å². The first-order chi connectivity index (χ1) is 6.90. The normalized spacial score (nSPS) is 10.9. The fourth-order valence-corrected chi connectivity index (χ4v) is 1.19. The minimum absolute atomic E-state index is 0.117. The van der Waals surface area contributed by atoms with Crippen molar-refractivity contribution in [2.75, 3.05) is 0 Å². The van der Waals surface area contributed by atoms with Crippen molar-refractivity contribution in [1.29, 1.82) is 0 Å². The Morgan fingerprint density at radius 3 is 2.20 bits per heavy atom. The highest BCUT2D eigenvalue weighted by Gasteiger charge is 2.16. The molecule has 0 aliphatic heterocycles. The fourth-order valence-electron chi connectivity index (χ4n) is 1.19. The van der Waals surface area contributed by atoms with E-state index in [0.29, 0.717) is 5.57 Å². The van der Waals surface area contributed by atoms with E-state index in [2.05, 4.69) is 11.9 Å². The molecule has 0 bridgehead atoms. The molecule has 1 aromatic rings. The summed E-state index contributed by atoms with van der Waals surface area (Å²) in [6.07, 6.45) is 0. The zero-order valence-corrected chi connectivity index (χ0v) is 9.50. The summed E-state index contributed by atoms with van der Waals surface area (Å²) >= 11 is 0. The lowest BCUT2D eigenvalue weighted by Crippen LogP contribution is -2.40. The largest absolute Gasteiger partial charge is 0.347 e. The number of amides is 1. The van der Waals surface area contributed by atoms with Gasteiger partial charge in [0.25, 0.3) is 5.91 Å². The topological polar surface area (TPSA) is 29.1 Å². The van der Waals surface area contributed by atoms with Crippen molar-refractivity contribution in [3.05, 3.63) is 42.5 Å². The summed E-state index contributed by atoms with van der Waals surface area (Å²) < 4.78 is 0. The molecule has 2 heteroatoms. The number of nitrogens with one attached hydrogen (secondary N) is 1. The smallest absolute Gasteiger partial charge is 0.251 e. The molecule has 15 heavy (non-hydrogen) atoms. The van der Waals surface area contributed by atoms with E-state index in [1.807, 2.05) is 51.1 Å². The molecule has 2 nitrogen and oxygen atoms in total. The van der Waals surface area contributed by atoms with Gasteiger partial charge in [-0.2, -0.15) is 0 Å². The number of carbonyl (C=O) groups is 1. The van der Waals surface area contributed by atoms with Gasteiger partial charge in [-0.1, -0.05) is 36.9 Å². The molecule has 0 aromatic heterocycles. The van der Waals surface area contributed by atoms with E-state index in [4.69, 9.17) is 0 Å². The van der Waals surface area contributed by atoms with Crippen LogP contribution in [0.15, 0.2) is 36.9 Å². The third kappa shape index (κ3) is 3.58. The highest BCUT2D eigenvalue weighted by molar-refractivity contribution is 6.18. The number of hydrogen-bond acceptors (Lipinski definition) is 1. The van der Waals surface area contributed by atoms with Crippen LogP contribution in [0.3, 0.4) is 0 Å². The Labute approximate surface area is 91.0 Å². The Balaban J connectivity index is 2.75. The predicted octanol–water partition coefficient (Wildman–Crippen LogP) is 2.61. The quantitative estimate of drug-likeness (QED) is 0.735. The lowest BCUT2D eigenvalue weighted by Gasteiger charge is -2.21. The lowest BCUT2D eigenvalue weighted by atomic mass is 10.0. The van der Waals surface area contributed by atoms with E-state index < -0.39 is 0 Å². The van der Waals surface area contributed by atoms with Gasteiger partial charge < -0.3 is 5.32 Å². The van der Waals surface area contributed by atoms with Gasteiger partial charge >= 0.3 is 0 Å². The standard InChI is InChI=1S/C13H17NO/c1-10(11-8-6-5-7-9-11)12(15)14-13(2,3)4/h5-9H,1H2,2-4H3,(H,14,15). The second kappa shape index (κ2) is 4.30. The number of rotatable bonds is 2. The predicted molar refractivity (Wildman–Crippen MR) is 63.4 cm³/mol. The summed E-state index contributed by atoms with van der Waals surface area (Å²) in [7, 11) is 0. The first-order valence-corrected chi connectivity index (χ1v) is 4.97. The highest BCUT2D eigenvalue weighted by Crippen LogP contribution is 2.13. The molecule has 1 N–H and O–H groups in total. The third-order valence-corrected chi connectivity index (χ3v) is 1.88. The maximum absolute atomic E-state index is 11.7. The highest BCUT2D eigenvalue weighted by atomic mass is 16.1. The molecular formula is C13H17NO. The van der Waals surface area contributed by atoms with Gasteiger partial charge in [0.2, 0.25) is 0 Å². The number of carbonyl (C=O) groups excluding carboxylic acids is 1. The average molecular weight is 203 g/mol. The van der Waals surface area contributed by atoms with Gasteiger partial charge in [0.1, 0.15) is 0 Å². The summed E-state index contributed by atoms with van der Waals surface area (Å²) in [6.45, 7) is 9.64. The maximum Gasteiger partial charge on any atom is 0.251 e. The van der Waals surface area contributed by atoms with E-state index in [9.17, 15) is 4.79 Å². The Bertz CT molecular complexity index is 360. The van der Waals surface area contributed by atoms with Gasteiger partial charge in [-0.25, -0.2) is 0 Å². The van der Waals surface area contributed by atoms with Gasteiger partial charge in [0.15, 0.2) is 0 Å². The molecule has 0 fully saturated rings. The van der Waals surface area contributed by atoms with Crippen molar-refractivity contribution in [2.45, 2.75) is 26.3 Å². The SMILES string of the molecule is C=C(C(=O)NC(C)(C)C)c1ccccc1. The molecule has 0 radical (unpaired) electrons. The Kier molecular flexibility index (Phi) is 3.30. The summed E-state index contributed by atoms with van der Waals surface area (Å²) in [5.41, 5.74) is 1.14. The summed E-state index contributed by atoms with van der Waals surface area (Å²) in [5.74, 6) is -0.117. The van der Waals surface area contributed by atoms with Crippen molar-refractivity contribution in [3.8, 4) is 0 Å². The Hall–Kier alpha value is -1.57. The van der Waals surface area contributed by atoms with Crippen LogP contribution < -0.4 is 5.32 Å². The molecule has 0 saturated heterocycles. The van der Waals surface area contributed by atoms with E-state index in [-0.39, 0.29) is 11.4 Å². The van der Waals surface area contributed by atoms with Crippen LogP contribution in [0.5, 0.6) is 0 Å². The second-order valence-corrected chi connectivity index (χ2v) is 4.55. The van der Waals surface area contributed by atoms with E-state index in [1.54, 1.807) is 0 Å². The fraction of sp³-hybridized carbons (Fsp3) is 0.308. The molecule has 1 aromatic carbocycles. The zero-order valence-electron chi connectivity index (χ0n) is 9.50. The molecular weight excluding hydrogens is 186 g/mol. The van der Waals surface area contributed by atoms with Crippen molar-refractivity contribution < 1.29 is 4.79 Å². The zero-order chi connectivity index (χ0) is 11.5. The molecule has 0 saturated carbocycles. The van der Waals surface area contributed by atoms with Crippen molar-refractivity contribution >= 4 is 11.5 Å². The third-order valence-electron chi connectivity index (χ3n) is 1.88. The first kappa shape index (κ1) is 11.5. The maximum atomic E-state index is 11.7. The van der Waals surface area contributed by atoms with Crippen LogP contribution in [0.25, 0.3) is 5.57 Å². The molecule has 1 amide bonds. The van der Waals surface area contributed by atoms with Gasteiger partial charge in [-0.15, -0.1) is 0 Å². The number of hydrogen-bond donors (Lipinski definition) is 1. The van der Waals surface area contributed by atoms with Crippen LogP contribution in [0.4, 0.5) is 0 Å². The Morgan fingerprint density at radius 2 is 1.73 bits per heavy atom. The number of benzene rings is 1. The van der Waals surface area contributed by atoms with Crippen LogP contribution in [-0.4, -0.2) is 11.4 Å². The molecule has 0 spiro atoms. The molecule has 0 atom stereocenters. The lowest BCUT2D eigenvalue weighted by molar-refractivity contribution is -0.116. The second-order valence-electron chi connectivity index (χ2n) is 4.55. The van der Waals surface area contributed by atoms with Crippen molar-refractivity contribution in [2.24, 2.45) is 0 Å². The minimum atomic E-state index is -0.227. The van der Waals surface area contributed by atoms with Crippen LogP contribution in [-0.2, 0) is 4.79 Å². The van der Waals surface area contributed by atoms with E-state index in [0.717, 1.165) is 5.56 Å². The molecule has 0 aliphatic carbocycles. The van der Waals surface area contributed by atoms with E-state index >= 15 is 0 Å². The monoisotopic (exact) mass is 203 g/mol. The molecule has 0 aliphatic rings. The van der Waals surface area contributed by atoms with Gasteiger partial charge in [-0.05, 0) is 26.3 Å².